The summed E-state index contributed by atoms with van der Waals surface area (Å²) in [6, 6.07) is 20.6. The number of nitrogens with one attached hydrogen (secondary N) is 1. The number of likely N-dealkylation sites (N-methyl/N-ethyl adjacent to an activating group) is 1. The Hall–Kier alpha value is -2.87. The van der Waals surface area contributed by atoms with E-state index in [4.69, 9.17) is 11.6 Å². The van der Waals surface area contributed by atoms with Gasteiger partial charge in [0.15, 0.2) is 0 Å². The average Bonchev–Trinajstić information content (AvgIpc) is 2.80. The van der Waals surface area contributed by atoms with Crippen LogP contribution >= 0.6 is 11.6 Å². The Balaban J connectivity index is 1.71. The van der Waals surface area contributed by atoms with E-state index < -0.39 is 10.0 Å². The maximum atomic E-state index is 12.9. The Morgan fingerprint density at radius 2 is 1.55 bits per heavy atom. The van der Waals surface area contributed by atoms with Crippen LogP contribution in [0.15, 0.2) is 77.7 Å². The minimum atomic E-state index is -3.69. The number of carbonyl (C=O) groups excluding carboxylic acids is 1. The first-order chi connectivity index (χ1) is 15.6. The van der Waals surface area contributed by atoms with Crippen molar-refractivity contribution in [2.75, 3.05) is 32.0 Å². The Labute approximate surface area is 200 Å². The lowest BCUT2D eigenvalue weighted by Gasteiger charge is -2.26. The van der Waals surface area contributed by atoms with E-state index >= 15 is 0 Å². The molecule has 1 unspecified atom stereocenters. The van der Waals surface area contributed by atoms with Crippen molar-refractivity contribution < 1.29 is 13.2 Å². The molecule has 0 aliphatic carbocycles. The molecule has 1 amide bonds. The molecule has 0 saturated carbocycles. The van der Waals surface area contributed by atoms with Crippen LogP contribution in [0.1, 0.15) is 27.5 Å². The van der Waals surface area contributed by atoms with Crippen LogP contribution in [0.5, 0.6) is 0 Å². The fourth-order valence-electron chi connectivity index (χ4n) is 3.44. The lowest BCUT2D eigenvalue weighted by molar-refractivity contribution is 0.0942. The maximum absolute atomic E-state index is 12.9. The van der Waals surface area contributed by atoms with E-state index in [1.54, 1.807) is 48.5 Å². The van der Waals surface area contributed by atoms with Crippen molar-refractivity contribution in [1.29, 1.82) is 0 Å². The van der Waals surface area contributed by atoms with Crippen molar-refractivity contribution in [3.63, 3.8) is 0 Å². The van der Waals surface area contributed by atoms with Gasteiger partial charge in [0.1, 0.15) is 0 Å². The molecular weight excluding hydrogens is 458 g/mol. The molecule has 8 heteroatoms. The molecule has 0 aliphatic rings. The molecule has 3 rings (SSSR count). The Bertz CT molecular complexity index is 1210. The maximum Gasteiger partial charge on any atom is 0.264 e. The third kappa shape index (κ3) is 5.74. The number of anilines is 1. The van der Waals surface area contributed by atoms with Gasteiger partial charge in [0.2, 0.25) is 0 Å². The molecule has 1 atom stereocenters. The number of aryl methyl sites for hydroxylation is 1. The fourth-order valence-corrected chi connectivity index (χ4v) is 4.89. The summed E-state index contributed by atoms with van der Waals surface area (Å²) in [4.78, 5) is 14.9. The number of rotatable bonds is 8. The molecule has 0 radical (unpaired) electrons. The molecule has 0 spiro atoms. The predicted molar refractivity (Wildman–Crippen MR) is 133 cm³/mol. The van der Waals surface area contributed by atoms with E-state index in [0.29, 0.717) is 22.8 Å². The molecular formula is C25H28ClN3O3S. The summed E-state index contributed by atoms with van der Waals surface area (Å²) in [6.07, 6.45) is 0. The number of nitrogens with zero attached hydrogens (tertiary/aromatic N) is 2. The third-order valence-corrected chi connectivity index (χ3v) is 7.66. The third-order valence-electron chi connectivity index (χ3n) is 5.52. The SMILES string of the molecule is Cc1ccc(S(=O)(=O)N(C)c2ccc(C(=O)NCC(c3ccccc3Cl)N(C)C)cc2)cc1. The first-order valence-electron chi connectivity index (χ1n) is 10.5. The summed E-state index contributed by atoms with van der Waals surface area (Å²) < 4.78 is 27.0. The van der Waals surface area contributed by atoms with Crippen LogP contribution in [0.3, 0.4) is 0 Å². The van der Waals surface area contributed by atoms with Crippen molar-refractivity contribution in [2.24, 2.45) is 0 Å². The van der Waals surface area contributed by atoms with Gasteiger partial charge in [-0.1, -0.05) is 47.5 Å². The number of carbonyl (C=O) groups is 1. The second-order valence-electron chi connectivity index (χ2n) is 8.04. The van der Waals surface area contributed by atoms with Crippen LogP contribution < -0.4 is 9.62 Å². The smallest absolute Gasteiger partial charge is 0.264 e. The Morgan fingerprint density at radius 1 is 0.939 bits per heavy atom. The standard InChI is InChI=1S/C25H28ClN3O3S/c1-18-9-15-21(16-10-18)33(31,32)29(4)20-13-11-19(12-14-20)25(30)27-17-24(28(2)3)22-7-5-6-8-23(22)26/h5-16,24H,17H2,1-4H3,(H,27,30). The first-order valence-corrected chi connectivity index (χ1v) is 12.3. The number of hydrogen-bond donors (Lipinski definition) is 1. The van der Waals surface area contributed by atoms with E-state index in [9.17, 15) is 13.2 Å². The lowest BCUT2D eigenvalue weighted by atomic mass is 10.1. The fraction of sp³-hybridized carbons (Fsp3) is 0.240. The summed E-state index contributed by atoms with van der Waals surface area (Å²) in [5.74, 6) is -0.246. The molecule has 3 aromatic carbocycles. The molecule has 6 nitrogen and oxygen atoms in total. The Kier molecular flexibility index (Phi) is 7.79. The van der Waals surface area contributed by atoms with E-state index in [0.717, 1.165) is 11.1 Å². The minimum Gasteiger partial charge on any atom is -0.350 e. The molecule has 33 heavy (non-hydrogen) atoms. The van der Waals surface area contributed by atoms with Crippen molar-refractivity contribution in [1.82, 2.24) is 10.2 Å². The molecule has 0 saturated heterocycles. The molecule has 0 heterocycles. The van der Waals surface area contributed by atoms with Crippen molar-refractivity contribution in [2.45, 2.75) is 17.9 Å². The summed E-state index contributed by atoms with van der Waals surface area (Å²) in [7, 11) is 1.66. The zero-order valence-corrected chi connectivity index (χ0v) is 20.7. The second kappa shape index (κ2) is 10.4. The average molecular weight is 486 g/mol. The second-order valence-corrected chi connectivity index (χ2v) is 10.4. The predicted octanol–water partition coefficient (Wildman–Crippen LogP) is 4.51. The quantitative estimate of drug-likeness (QED) is 0.509. The molecule has 1 N–H and O–H groups in total. The van der Waals surface area contributed by atoms with Crippen LogP contribution in [0.25, 0.3) is 0 Å². The van der Waals surface area contributed by atoms with Gasteiger partial charge in [0.25, 0.3) is 15.9 Å². The topological polar surface area (TPSA) is 69.7 Å². The minimum absolute atomic E-state index is 0.0901. The summed E-state index contributed by atoms with van der Waals surface area (Å²) >= 11 is 6.34. The van der Waals surface area contributed by atoms with Crippen LogP contribution in [0, 0.1) is 6.92 Å². The zero-order chi connectivity index (χ0) is 24.2. The van der Waals surface area contributed by atoms with Gasteiger partial charge >= 0.3 is 0 Å². The largest absolute Gasteiger partial charge is 0.350 e. The van der Waals surface area contributed by atoms with Crippen LogP contribution in [-0.4, -0.2) is 46.9 Å². The van der Waals surface area contributed by atoms with Crippen LogP contribution in [0.4, 0.5) is 5.69 Å². The zero-order valence-electron chi connectivity index (χ0n) is 19.1. The van der Waals surface area contributed by atoms with Crippen molar-refractivity contribution in [3.8, 4) is 0 Å². The Morgan fingerprint density at radius 3 is 2.12 bits per heavy atom. The number of benzene rings is 3. The molecule has 0 aromatic heterocycles. The van der Waals surface area contributed by atoms with Gasteiger partial charge in [-0.05, 0) is 69.0 Å². The summed E-state index contributed by atoms with van der Waals surface area (Å²) in [5.41, 5.74) is 2.83. The normalized spacial score (nSPS) is 12.4. The number of amides is 1. The van der Waals surface area contributed by atoms with Crippen LogP contribution in [0.2, 0.25) is 5.02 Å². The molecule has 3 aromatic rings. The van der Waals surface area contributed by atoms with E-state index in [1.807, 2.05) is 50.2 Å². The van der Waals surface area contributed by atoms with Gasteiger partial charge in [-0.2, -0.15) is 0 Å². The highest BCUT2D eigenvalue weighted by molar-refractivity contribution is 7.92. The summed E-state index contributed by atoms with van der Waals surface area (Å²) in [5, 5.41) is 3.59. The van der Waals surface area contributed by atoms with Gasteiger partial charge in [-0.3, -0.25) is 9.10 Å². The van der Waals surface area contributed by atoms with Gasteiger partial charge in [-0.25, -0.2) is 8.42 Å². The highest BCUT2D eigenvalue weighted by atomic mass is 35.5. The van der Waals surface area contributed by atoms with Gasteiger partial charge in [-0.15, -0.1) is 0 Å². The monoisotopic (exact) mass is 485 g/mol. The van der Waals surface area contributed by atoms with Gasteiger partial charge < -0.3 is 10.2 Å². The van der Waals surface area contributed by atoms with E-state index in [-0.39, 0.29) is 16.8 Å². The highest BCUT2D eigenvalue weighted by Gasteiger charge is 2.22. The summed E-state index contributed by atoms with van der Waals surface area (Å²) in [6.45, 7) is 2.28. The molecule has 174 valence electrons. The van der Waals surface area contributed by atoms with E-state index in [1.165, 1.54) is 11.4 Å². The van der Waals surface area contributed by atoms with Gasteiger partial charge in [0.05, 0.1) is 16.6 Å². The number of hydrogen-bond acceptors (Lipinski definition) is 4. The number of sulfonamides is 1. The molecule has 0 bridgehead atoms. The lowest BCUT2D eigenvalue weighted by Crippen LogP contribution is -2.34. The first kappa shape index (κ1) is 24.8. The van der Waals surface area contributed by atoms with Gasteiger partial charge in [0, 0.05) is 24.2 Å². The van der Waals surface area contributed by atoms with Crippen LogP contribution in [-0.2, 0) is 10.0 Å². The molecule has 0 aliphatic heterocycles. The number of halogens is 1. The van der Waals surface area contributed by atoms with Crippen molar-refractivity contribution >= 4 is 33.2 Å². The van der Waals surface area contributed by atoms with Crippen molar-refractivity contribution in [3.05, 3.63) is 94.5 Å². The highest BCUT2D eigenvalue weighted by Crippen LogP contribution is 2.26. The van der Waals surface area contributed by atoms with E-state index in [2.05, 4.69) is 5.32 Å². The molecule has 0 fully saturated rings.